The quantitative estimate of drug-likeness (QED) is 0.459. The maximum atomic E-state index is 13.5. The first-order valence-electron chi connectivity index (χ1n) is 6.59. The number of hydrogen-bond acceptors (Lipinski definition) is 5. The standard InChI is InChI=1S/C13H13ClFN5O3/c14-8-2-1-3-9(15)7(8)6-16-19-11(21)5-4-10-12(22)17-13(23)20-18-10/h1-3,6,10,18H,4-5H2,(H,19,21)(H2,17,20,22,23)/b16-6+. The summed E-state index contributed by atoms with van der Waals surface area (Å²) in [6, 6.07) is 2.80. The Morgan fingerprint density at radius 2 is 2.22 bits per heavy atom. The Kier molecular flexibility index (Phi) is 5.61. The van der Waals surface area contributed by atoms with E-state index in [1.54, 1.807) is 0 Å². The van der Waals surface area contributed by atoms with Gasteiger partial charge in [-0.1, -0.05) is 17.7 Å². The van der Waals surface area contributed by atoms with Crippen LogP contribution in [0.1, 0.15) is 18.4 Å². The van der Waals surface area contributed by atoms with Gasteiger partial charge in [-0.2, -0.15) is 5.10 Å². The molecule has 1 fully saturated rings. The third kappa shape index (κ3) is 4.73. The monoisotopic (exact) mass is 341 g/mol. The first-order valence-corrected chi connectivity index (χ1v) is 6.97. The van der Waals surface area contributed by atoms with Crippen LogP contribution in [-0.2, 0) is 9.59 Å². The van der Waals surface area contributed by atoms with Crippen LogP contribution >= 0.6 is 11.6 Å². The van der Waals surface area contributed by atoms with Gasteiger partial charge in [0.1, 0.15) is 11.9 Å². The van der Waals surface area contributed by atoms with Gasteiger partial charge < -0.3 is 0 Å². The molecule has 1 aliphatic heterocycles. The predicted molar refractivity (Wildman–Crippen MR) is 80.0 cm³/mol. The van der Waals surface area contributed by atoms with Crippen LogP contribution in [0.15, 0.2) is 23.3 Å². The van der Waals surface area contributed by atoms with E-state index in [2.05, 4.69) is 26.7 Å². The number of benzene rings is 1. The highest BCUT2D eigenvalue weighted by molar-refractivity contribution is 6.33. The molecule has 2 rings (SSSR count). The summed E-state index contributed by atoms with van der Waals surface area (Å²) in [6.45, 7) is 0. The Labute approximate surface area is 135 Å². The fourth-order valence-electron chi connectivity index (χ4n) is 1.79. The lowest BCUT2D eigenvalue weighted by Crippen LogP contribution is -2.62. The highest BCUT2D eigenvalue weighted by Gasteiger charge is 2.25. The van der Waals surface area contributed by atoms with E-state index in [9.17, 15) is 18.8 Å². The van der Waals surface area contributed by atoms with Gasteiger partial charge in [0.2, 0.25) is 11.8 Å². The number of carbonyl (C=O) groups excluding carboxylic acids is 3. The zero-order chi connectivity index (χ0) is 16.8. The second-order valence-corrected chi connectivity index (χ2v) is 5.01. The molecular formula is C13H13ClFN5O3. The molecule has 4 amide bonds. The fraction of sp³-hybridized carbons (Fsp3) is 0.231. The van der Waals surface area contributed by atoms with Crippen molar-refractivity contribution in [3.63, 3.8) is 0 Å². The Balaban J connectivity index is 1.80. The molecule has 1 aromatic carbocycles. The van der Waals surface area contributed by atoms with Crippen molar-refractivity contribution in [2.75, 3.05) is 0 Å². The molecule has 0 spiro atoms. The topological polar surface area (TPSA) is 112 Å². The average Bonchev–Trinajstić information content (AvgIpc) is 2.49. The van der Waals surface area contributed by atoms with Crippen LogP contribution in [0.2, 0.25) is 5.02 Å². The van der Waals surface area contributed by atoms with Crippen LogP contribution < -0.4 is 21.6 Å². The van der Waals surface area contributed by atoms with Crippen molar-refractivity contribution in [1.82, 2.24) is 21.6 Å². The van der Waals surface area contributed by atoms with E-state index in [1.165, 1.54) is 18.2 Å². The lowest BCUT2D eigenvalue weighted by molar-refractivity contribution is -0.124. The summed E-state index contributed by atoms with van der Waals surface area (Å²) >= 11 is 5.80. The molecular weight excluding hydrogens is 329 g/mol. The second kappa shape index (κ2) is 7.65. The summed E-state index contributed by atoms with van der Waals surface area (Å²) in [6.07, 6.45) is 1.22. The third-order valence-electron chi connectivity index (χ3n) is 2.96. The molecule has 1 unspecified atom stereocenters. The largest absolute Gasteiger partial charge is 0.335 e. The molecule has 0 saturated carbocycles. The van der Waals surface area contributed by atoms with Crippen LogP contribution in [0.3, 0.4) is 0 Å². The van der Waals surface area contributed by atoms with Gasteiger partial charge in [0.15, 0.2) is 0 Å². The van der Waals surface area contributed by atoms with Crippen molar-refractivity contribution in [2.45, 2.75) is 18.9 Å². The molecule has 23 heavy (non-hydrogen) atoms. The number of halogens is 2. The summed E-state index contributed by atoms with van der Waals surface area (Å²) in [4.78, 5) is 33.9. The van der Waals surface area contributed by atoms with E-state index >= 15 is 0 Å². The number of hydrazone groups is 1. The van der Waals surface area contributed by atoms with Crippen LogP contribution in [0.5, 0.6) is 0 Å². The average molecular weight is 342 g/mol. The normalized spacial score (nSPS) is 17.7. The van der Waals surface area contributed by atoms with E-state index in [4.69, 9.17) is 11.6 Å². The molecule has 0 bridgehead atoms. The predicted octanol–water partition coefficient (Wildman–Crippen LogP) is 0.422. The number of urea groups is 1. The molecule has 8 nitrogen and oxygen atoms in total. The number of rotatable bonds is 5. The van der Waals surface area contributed by atoms with Gasteiger partial charge in [-0.15, -0.1) is 0 Å². The van der Waals surface area contributed by atoms with E-state index in [0.717, 1.165) is 6.21 Å². The van der Waals surface area contributed by atoms with E-state index in [0.29, 0.717) is 0 Å². The van der Waals surface area contributed by atoms with E-state index in [-0.39, 0.29) is 23.4 Å². The highest BCUT2D eigenvalue weighted by atomic mass is 35.5. The number of carbonyl (C=O) groups is 3. The molecule has 122 valence electrons. The molecule has 1 heterocycles. The Morgan fingerprint density at radius 1 is 1.43 bits per heavy atom. The molecule has 1 aliphatic rings. The van der Waals surface area contributed by atoms with Crippen molar-refractivity contribution >= 4 is 35.7 Å². The van der Waals surface area contributed by atoms with Gasteiger partial charge in [0.25, 0.3) is 0 Å². The third-order valence-corrected chi connectivity index (χ3v) is 3.29. The molecule has 1 aromatic rings. The summed E-state index contributed by atoms with van der Waals surface area (Å²) in [5, 5.41) is 5.85. The van der Waals surface area contributed by atoms with Crippen LogP contribution in [0, 0.1) is 5.82 Å². The summed E-state index contributed by atoms with van der Waals surface area (Å²) in [5.41, 5.74) is 6.97. The number of amides is 4. The van der Waals surface area contributed by atoms with Crippen LogP contribution in [0.25, 0.3) is 0 Å². The van der Waals surface area contributed by atoms with Crippen molar-refractivity contribution in [3.8, 4) is 0 Å². The summed E-state index contributed by atoms with van der Waals surface area (Å²) in [7, 11) is 0. The molecule has 4 N–H and O–H groups in total. The molecule has 0 aliphatic carbocycles. The van der Waals surface area contributed by atoms with Crippen LogP contribution in [0.4, 0.5) is 9.18 Å². The van der Waals surface area contributed by atoms with Crippen molar-refractivity contribution in [3.05, 3.63) is 34.6 Å². The Hall–Kier alpha value is -2.52. The van der Waals surface area contributed by atoms with E-state index < -0.39 is 29.7 Å². The molecule has 0 aromatic heterocycles. The smallest absolute Gasteiger partial charge is 0.276 e. The maximum Gasteiger partial charge on any atom is 0.335 e. The Morgan fingerprint density at radius 3 is 2.91 bits per heavy atom. The highest BCUT2D eigenvalue weighted by Crippen LogP contribution is 2.16. The lowest BCUT2D eigenvalue weighted by atomic mass is 10.1. The Bertz CT molecular complexity index is 647. The zero-order valence-corrected chi connectivity index (χ0v) is 12.5. The number of nitrogens with one attached hydrogen (secondary N) is 4. The van der Waals surface area contributed by atoms with Gasteiger partial charge in [0, 0.05) is 12.0 Å². The zero-order valence-electron chi connectivity index (χ0n) is 11.7. The van der Waals surface area contributed by atoms with Gasteiger partial charge in [-0.05, 0) is 18.6 Å². The fourth-order valence-corrected chi connectivity index (χ4v) is 2.00. The van der Waals surface area contributed by atoms with Crippen molar-refractivity contribution < 1.29 is 18.8 Å². The number of hydrazine groups is 1. The second-order valence-electron chi connectivity index (χ2n) is 4.61. The number of hydrogen-bond donors (Lipinski definition) is 4. The summed E-state index contributed by atoms with van der Waals surface area (Å²) < 4.78 is 13.5. The SMILES string of the molecule is O=C(CCC1NNC(=O)NC1=O)N/N=C/c1c(F)cccc1Cl. The van der Waals surface area contributed by atoms with Crippen molar-refractivity contribution in [1.29, 1.82) is 0 Å². The summed E-state index contributed by atoms with van der Waals surface area (Å²) in [5.74, 6) is -1.56. The van der Waals surface area contributed by atoms with Gasteiger partial charge >= 0.3 is 6.03 Å². The van der Waals surface area contributed by atoms with Gasteiger partial charge in [-0.25, -0.2) is 20.0 Å². The molecule has 0 radical (unpaired) electrons. The van der Waals surface area contributed by atoms with Gasteiger partial charge in [0.05, 0.1) is 11.2 Å². The molecule has 1 atom stereocenters. The van der Waals surface area contributed by atoms with Gasteiger partial charge in [-0.3, -0.25) is 20.3 Å². The lowest BCUT2D eigenvalue weighted by Gasteiger charge is -2.22. The number of imide groups is 1. The minimum atomic E-state index is -0.719. The first-order chi connectivity index (χ1) is 11.0. The van der Waals surface area contributed by atoms with Crippen molar-refractivity contribution in [2.24, 2.45) is 5.10 Å². The molecule has 1 saturated heterocycles. The minimum absolute atomic E-state index is 0.0245. The molecule has 10 heteroatoms. The van der Waals surface area contributed by atoms with E-state index in [1.807, 2.05) is 0 Å². The maximum absolute atomic E-state index is 13.5. The number of nitrogens with zero attached hydrogens (tertiary/aromatic N) is 1. The van der Waals surface area contributed by atoms with Crippen LogP contribution in [-0.4, -0.2) is 30.1 Å². The minimum Gasteiger partial charge on any atom is -0.276 e. The first kappa shape index (κ1) is 16.8.